The molecule has 2 aliphatic heterocycles. The summed E-state index contributed by atoms with van der Waals surface area (Å²) >= 11 is 6.17. The summed E-state index contributed by atoms with van der Waals surface area (Å²) in [6.07, 6.45) is 2.21. The number of carboxylic acid groups (broad SMARTS) is 1. The van der Waals surface area contributed by atoms with Crippen molar-refractivity contribution in [2.75, 3.05) is 19.7 Å². The Morgan fingerprint density at radius 3 is 2.68 bits per heavy atom. The largest absolute Gasteiger partial charge is 0.480 e. The zero-order chi connectivity index (χ0) is 24.4. The number of hydrogen-bond acceptors (Lipinski definition) is 6. The molecule has 0 spiro atoms. The van der Waals surface area contributed by atoms with E-state index in [0.29, 0.717) is 23.1 Å². The molecule has 1 fully saturated rings. The molecule has 8 nitrogen and oxygen atoms in total. The zero-order valence-electron chi connectivity index (χ0n) is 17.6. The molecule has 0 saturated carbocycles. The molecule has 2 aliphatic rings. The third kappa shape index (κ3) is 5.47. The number of nitrogens with zero attached hydrogens (tertiary/aromatic N) is 2. The first kappa shape index (κ1) is 24.7. The van der Waals surface area contributed by atoms with Gasteiger partial charge >= 0.3 is 5.97 Å². The fourth-order valence-corrected chi connectivity index (χ4v) is 6.19. The van der Waals surface area contributed by atoms with Gasteiger partial charge in [0.05, 0.1) is 9.38 Å². The van der Waals surface area contributed by atoms with Gasteiger partial charge in [0.25, 0.3) is 11.1 Å². The number of amides is 3. The summed E-state index contributed by atoms with van der Waals surface area (Å²) in [5, 5.41) is 8.42. The second kappa shape index (κ2) is 10.5. The van der Waals surface area contributed by atoms with Crippen molar-refractivity contribution in [1.82, 2.24) is 9.80 Å². The van der Waals surface area contributed by atoms with Crippen LogP contribution in [0.4, 0.5) is 4.79 Å². The van der Waals surface area contributed by atoms with Crippen LogP contribution in [0.3, 0.4) is 0 Å². The van der Waals surface area contributed by atoms with Crippen molar-refractivity contribution in [3.63, 3.8) is 0 Å². The van der Waals surface area contributed by atoms with Crippen molar-refractivity contribution < 1.29 is 29.0 Å². The van der Waals surface area contributed by atoms with Crippen LogP contribution in [-0.2, 0) is 27.3 Å². The number of hydrogen-bond donors (Lipinski definition) is 1. The average molecular weight is 657 g/mol. The van der Waals surface area contributed by atoms with Crippen LogP contribution >= 0.6 is 50.3 Å². The van der Waals surface area contributed by atoms with Crippen LogP contribution in [-0.4, -0.2) is 57.6 Å². The van der Waals surface area contributed by atoms with Gasteiger partial charge < -0.3 is 14.7 Å². The molecule has 0 atom stereocenters. The highest BCUT2D eigenvalue weighted by Gasteiger charge is 2.37. The van der Waals surface area contributed by atoms with Gasteiger partial charge in [-0.25, -0.2) is 4.79 Å². The molecule has 11 heteroatoms. The van der Waals surface area contributed by atoms with Crippen LogP contribution in [0.2, 0.25) is 0 Å². The highest BCUT2D eigenvalue weighted by Crippen LogP contribution is 2.37. The molecule has 3 amide bonds. The van der Waals surface area contributed by atoms with E-state index < -0.39 is 23.7 Å². The Morgan fingerprint density at radius 2 is 1.94 bits per heavy atom. The van der Waals surface area contributed by atoms with E-state index in [1.54, 1.807) is 17.0 Å². The number of halogens is 2. The first-order valence-corrected chi connectivity index (χ1v) is 12.9. The van der Waals surface area contributed by atoms with E-state index in [1.165, 1.54) is 11.6 Å². The minimum absolute atomic E-state index is 0.135. The molecule has 0 unspecified atom stereocenters. The normalized spacial score (nSPS) is 16.7. The van der Waals surface area contributed by atoms with E-state index in [-0.39, 0.29) is 23.1 Å². The van der Waals surface area contributed by atoms with Gasteiger partial charge in [-0.2, -0.15) is 0 Å². The highest BCUT2D eigenvalue weighted by atomic mass is 127. The van der Waals surface area contributed by atoms with Crippen LogP contribution in [0.25, 0.3) is 6.08 Å². The van der Waals surface area contributed by atoms with E-state index >= 15 is 0 Å². The molecule has 0 aromatic heterocycles. The standard InChI is InChI=1S/C23H18BrIN2O6S/c24-17-9-16(25)7-15(21(17)33-12-20(29)30)8-18-22(31)27(23(32)34-18)11-19(28)26-6-5-13-3-1-2-4-14(13)10-26/h1-4,7-9H,5-6,10-12H2,(H,29,30)/b18-8-. The second-order valence-corrected chi connectivity index (χ2v) is 10.7. The SMILES string of the molecule is O=C(O)COc1c(Br)cc(I)cc1/C=C1\SC(=O)N(CC(=O)N2CCc3ccccc3C2)C1=O. The Kier molecular flexibility index (Phi) is 7.63. The smallest absolute Gasteiger partial charge is 0.341 e. The minimum atomic E-state index is -1.14. The van der Waals surface area contributed by atoms with E-state index in [4.69, 9.17) is 9.84 Å². The molecule has 2 heterocycles. The van der Waals surface area contributed by atoms with E-state index in [9.17, 15) is 19.2 Å². The van der Waals surface area contributed by atoms with E-state index in [2.05, 4.69) is 38.5 Å². The summed E-state index contributed by atoms with van der Waals surface area (Å²) in [7, 11) is 0. The average Bonchev–Trinajstić information content (AvgIpc) is 3.05. The monoisotopic (exact) mass is 656 g/mol. The molecule has 1 N–H and O–H groups in total. The Balaban J connectivity index is 1.51. The molecule has 1 saturated heterocycles. The van der Waals surface area contributed by atoms with Gasteiger partial charge in [-0.15, -0.1) is 0 Å². The van der Waals surface area contributed by atoms with Crippen LogP contribution in [0, 0.1) is 3.57 Å². The van der Waals surface area contributed by atoms with Crippen molar-refractivity contribution in [2.45, 2.75) is 13.0 Å². The van der Waals surface area contributed by atoms with E-state index in [0.717, 1.165) is 32.2 Å². The fraction of sp³-hybridized carbons (Fsp3) is 0.217. The lowest BCUT2D eigenvalue weighted by molar-refractivity contribution is -0.139. The first-order chi connectivity index (χ1) is 16.2. The second-order valence-electron chi connectivity index (χ2n) is 7.59. The quantitative estimate of drug-likeness (QED) is 0.368. The number of fused-ring (bicyclic) bond motifs is 1. The number of carbonyl (C=O) groups excluding carboxylic acids is 3. The number of aliphatic carboxylic acids is 1. The summed E-state index contributed by atoms with van der Waals surface area (Å²) < 4.78 is 6.72. The van der Waals surface area contributed by atoms with Gasteiger partial charge in [-0.3, -0.25) is 19.3 Å². The molecule has 2 aromatic carbocycles. The Morgan fingerprint density at radius 1 is 1.21 bits per heavy atom. The maximum atomic E-state index is 13.0. The summed E-state index contributed by atoms with van der Waals surface area (Å²) in [5.41, 5.74) is 2.71. The van der Waals surface area contributed by atoms with Crippen molar-refractivity contribution in [1.29, 1.82) is 0 Å². The van der Waals surface area contributed by atoms with Gasteiger partial charge in [-0.05, 0) is 86.0 Å². The Hall–Kier alpha value is -2.38. The molecule has 176 valence electrons. The third-order valence-corrected chi connectivity index (χ3v) is 7.43. The van der Waals surface area contributed by atoms with Crippen molar-refractivity contribution >= 4 is 79.4 Å². The predicted octanol–water partition coefficient (Wildman–Crippen LogP) is 4.14. The van der Waals surface area contributed by atoms with Crippen LogP contribution in [0.1, 0.15) is 16.7 Å². The zero-order valence-corrected chi connectivity index (χ0v) is 22.2. The molecule has 0 radical (unpaired) electrons. The number of carbonyl (C=O) groups is 4. The highest BCUT2D eigenvalue weighted by molar-refractivity contribution is 14.1. The molecule has 4 rings (SSSR count). The van der Waals surface area contributed by atoms with Crippen molar-refractivity contribution in [3.8, 4) is 5.75 Å². The number of thioether (sulfide) groups is 1. The Bertz CT molecular complexity index is 1230. The van der Waals surface area contributed by atoms with Gasteiger partial charge in [0, 0.05) is 22.2 Å². The summed E-state index contributed by atoms with van der Waals surface area (Å²) in [6.45, 7) is 0.0853. The van der Waals surface area contributed by atoms with Crippen LogP contribution in [0.5, 0.6) is 5.75 Å². The van der Waals surface area contributed by atoms with Crippen molar-refractivity contribution in [3.05, 3.63) is 66.0 Å². The van der Waals surface area contributed by atoms with Crippen LogP contribution < -0.4 is 4.74 Å². The predicted molar refractivity (Wildman–Crippen MR) is 138 cm³/mol. The lowest BCUT2D eigenvalue weighted by atomic mass is 10.00. The molecule has 0 bridgehead atoms. The molecular formula is C23H18BrIN2O6S. The van der Waals surface area contributed by atoms with Crippen LogP contribution in [0.15, 0.2) is 45.8 Å². The van der Waals surface area contributed by atoms with Gasteiger partial charge in [-0.1, -0.05) is 24.3 Å². The van der Waals surface area contributed by atoms with E-state index in [1.807, 2.05) is 24.3 Å². The van der Waals surface area contributed by atoms with Gasteiger partial charge in [0.15, 0.2) is 6.61 Å². The lowest BCUT2D eigenvalue weighted by Gasteiger charge is -2.29. The third-order valence-electron chi connectivity index (χ3n) is 5.31. The summed E-state index contributed by atoms with van der Waals surface area (Å²) in [5.74, 6) is -1.76. The minimum Gasteiger partial charge on any atom is -0.480 e. The molecule has 34 heavy (non-hydrogen) atoms. The molecule has 2 aromatic rings. The topological polar surface area (TPSA) is 104 Å². The number of carboxylic acids is 1. The summed E-state index contributed by atoms with van der Waals surface area (Å²) in [6, 6.07) is 11.4. The Labute approximate surface area is 221 Å². The van der Waals surface area contributed by atoms with Gasteiger partial charge in [0.2, 0.25) is 5.91 Å². The maximum Gasteiger partial charge on any atom is 0.341 e. The van der Waals surface area contributed by atoms with Crippen molar-refractivity contribution in [2.24, 2.45) is 0 Å². The molecular weight excluding hydrogens is 639 g/mol. The summed E-state index contributed by atoms with van der Waals surface area (Å²) in [4.78, 5) is 52.1. The van der Waals surface area contributed by atoms with Gasteiger partial charge in [0.1, 0.15) is 12.3 Å². The number of imide groups is 1. The first-order valence-electron chi connectivity index (χ1n) is 10.2. The number of benzene rings is 2. The molecule has 0 aliphatic carbocycles. The fourth-order valence-electron chi connectivity index (χ4n) is 3.70. The lowest BCUT2D eigenvalue weighted by Crippen LogP contribution is -2.44. The number of ether oxygens (including phenoxy) is 1. The maximum absolute atomic E-state index is 13.0. The number of rotatable bonds is 6.